The van der Waals surface area contributed by atoms with Crippen molar-refractivity contribution in [1.29, 1.82) is 0 Å². The van der Waals surface area contributed by atoms with Crippen LogP contribution in [-0.2, 0) is 19.1 Å². The normalized spacial score (nSPS) is 25.9. The topological polar surface area (TPSA) is 175 Å². The molecule has 0 radical (unpaired) electrons. The minimum absolute atomic E-state index is 0.102. The fourth-order valence-corrected chi connectivity index (χ4v) is 13.0. The number of likely N-dealkylation sites (tertiary alicyclic amines) is 2. The zero-order valence-electron chi connectivity index (χ0n) is 38.8. The van der Waals surface area contributed by atoms with Crippen molar-refractivity contribution >= 4 is 24.0 Å². The molecular weight excluding hydrogens is 821 g/mol. The number of nitrogens with zero attached hydrogens (tertiary/aromatic N) is 4. The lowest BCUT2D eigenvalue weighted by Crippen LogP contribution is -2.51. The molecule has 344 valence electrons. The number of nitrogens with one attached hydrogen (secondary N) is 4. The van der Waals surface area contributed by atoms with E-state index in [-0.39, 0.29) is 35.7 Å². The summed E-state index contributed by atoms with van der Waals surface area (Å²) in [6, 6.07) is 7.62. The van der Waals surface area contributed by atoms with Crippen LogP contribution < -0.4 is 10.6 Å². The number of methoxy groups -OCH3 is 2. The number of carbonyl (C=O) groups excluding carboxylic acids is 4. The molecule has 14 heteroatoms. The third-order valence-electron chi connectivity index (χ3n) is 16.2. The fraction of sp³-hybridized carbons (Fsp3) is 0.569. The lowest BCUT2D eigenvalue weighted by Gasteiger charge is -2.30. The lowest BCUT2D eigenvalue weighted by atomic mass is 9.78. The van der Waals surface area contributed by atoms with E-state index in [0.29, 0.717) is 42.7 Å². The van der Waals surface area contributed by atoms with E-state index in [2.05, 4.69) is 51.8 Å². The summed E-state index contributed by atoms with van der Waals surface area (Å²) >= 11 is 0. The van der Waals surface area contributed by atoms with Crippen LogP contribution in [0.3, 0.4) is 0 Å². The average molecular weight is 885 g/mol. The minimum Gasteiger partial charge on any atom is -0.453 e. The highest BCUT2D eigenvalue weighted by Gasteiger charge is 2.48. The molecule has 9 atom stereocenters. The van der Waals surface area contributed by atoms with Gasteiger partial charge in [0.1, 0.15) is 23.7 Å². The van der Waals surface area contributed by atoms with Gasteiger partial charge in [0.05, 0.1) is 50.1 Å². The quantitative estimate of drug-likeness (QED) is 0.115. The second-order valence-electron chi connectivity index (χ2n) is 20.3. The van der Waals surface area contributed by atoms with Gasteiger partial charge in [-0.2, -0.15) is 0 Å². The molecule has 2 saturated heterocycles. The van der Waals surface area contributed by atoms with Gasteiger partial charge in [-0.25, -0.2) is 19.6 Å². The minimum atomic E-state index is -0.685. The monoisotopic (exact) mass is 884 g/mol. The molecule has 6 aliphatic rings. The molecule has 2 saturated carbocycles. The Morgan fingerprint density at radius 1 is 0.615 bits per heavy atom. The van der Waals surface area contributed by atoms with Gasteiger partial charge in [0, 0.05) is 24.2 Å². The van der Waals surface area contributed by atoms with E-state index in [4.69, 9.17) is 19.4 Å². The molecule has 2 aliphatic heterocycles. The molecule has 2 aromatic heterocycles. The van der Waals surface area contributed by atoms with Crippen LogP contribution in [0.4, 0.5) is 9.59 Å². The van der Waals surface area contributed by atoms with E-state index < -0.39 is 24.3 Å². The van der Waals surface area contributed by atoms with Crippen LogP contribution in [0.25, 0.3) is 33.6 Å². The molecule has 65 heavy (non-hydrogen) atoms. The number of carbonyl (C=O) groups is 4. The van der Waals surface area contributed by atoms with E-state index in [1.165, 1.54) is 90.8 Å². The summed E-state index contributed by atoms with van der Waals surface area (Å²) in [5, 5.41) is 5.53. The Balaban J connectivity index is 0.969. The summed E-state index contributed by atoms with van der Waals surface area (Å²) in [4.78, 5) is 73.2. The summed E-state index contributed by atoms with van der Waals surface area (Å²) in [6.07, 6.45) is 12.0. The van der Waals surface area contributed by atoms with Crippen molar-refractivity contribution in [3.63, 3.8) is 0 Å². The second kappa shape index (κ2) is 17.0. The summed E-state index contributed by atoms with van der Waals surface area (Å²) in [6.45, 7) is 11.4. The summed E-state index contributed by atoms with van der Waals surface area (Å²) in [5.74, 6) is 3.67. The largest absolute Gasteiger partial charge is 0.453 e. The molecule has 4 N–H and O–H groups in total. The summed E-state index contributed by atoms with van der Waals surface area (Å²) in [5.41, 5.74) is 13.1. The number of ether oxygens (including phenoxy) is 2. The van der Waals surface area contributed by atoms with Gasteiger partial charge < -0.3 is 39.9 Å². The second-order valence-corrected chi connectivity index (χ2v) is 20.3. The maximum absolute atomic E-state index is 13.9. The highest BCUT2D eigenvalue weighted by Crippen LogP contribution is 2.64. The van der Waals surface area contributed by atoms with Gasteiger partial charge >= 0.3 is 12.2 Å². The predicted octanol–water partition coefficient (Wildman–Crippen LogP) is 9.20. The van der Waals surface area contributed by atoms with Crippen LogP contribution in [0.2, 0.25) is 0 Å². The van der Waals surface area contributed by atoms with Gasteiger partial charge in [0.25, 0.3) is 0 Å². The van der Waals surface area contributed by atoms with E-state index in [1.807, 2.05) is 49.9 Å². The summed E-state index contributed by atoms with van der Waals surface area (Å²) in [7, 11) is 2.63. The Morgan fingerprint density at radius 2 is 1.03 bits per heavy atom. The van der Waals surface area contributed by atoms with Crippen molar-refractivity contribution in [3.05, 3.63) is 70.6 Å². The number of rotatable bonds is 11. The first-order valence-electron chi connectivity index (χ1n) is 24.1. The van der Waals surface area contributed by atoms with Crippen LogP contribution in [0.1, 0.15) is 162 Å². The predicted molar refractivity (Wildman–Crippen MR) is 246 cm³/mol. The molecule has 2 aromatic carbocycles. The van der Waals surface area contributed by atoms with E-state index in [9.17, 15) is 19.2 Å². The van der Waals surface area contributed by atoms with Crippen LogP contribution in [0.5, 0.6) is 0 Å². The molecule has 10 rings (SSSR count). The molecule has 0 spiro atoms. The van der Waals surface area contributed by atoms with Crippen molar-refractivity contribution in [3.8, 4) is 33.6 Å². The van der Waals surface area contributed by atoms with Crippen LogP contribution in [0.15, 0.2) is 36.7 Å². The van der Waals surface area contributed by atoms with E-state index in [1.54, 1.807) is 0 Å². The van der Waals surface area contributed by atoms with Crippen molar-refractivity contribution in [2.24, 2.45) is 17.8 Å². The van der Waals surface area contributed by atoms with E-state index >= 15 is 0 Å². The van der Waals surface area contributed by atoms with Gasteiger partial charge in [-0.15, -0.1) is 0 Å². The van der Waals surface area contributed by atoms with E-state index in [0.717, 1.165) is 48.7 Å². The van der Waals surface area contributed by atoms with Crippen LogP contribution in [0, 0.1) is 17.8 Å². The number of imidazole rings is 2. The molecule has 4 heterocycles. The Kier molecular flexibility index (Phi) is 11.3. The maximum atomic E-state index is 13.9. The number of amides is 4. The third-order valence-corrected chi connectivity index (χ3v) is 16.2. The SMILES string of the molecule is COC(=O)N[C@H](C(=O)N1CCC[C@H]1c1ncc(-c2ccc(-c3ccc(-c4cnc([C@@H]5CCCN5C(=O)[C@@H](NC(=O)OC)C(C)C)[nH]4)c4c3C3CCC4C3C)c3c2C2CCC3C2)[nH]1)C(C)C. The molecule has 4 amide bonds. The first-order chi connectivity index (χ1) is 31.4. The van der Waals surface area contributed by atoms with Gasteiger partial charge in [0.15, 0.2) is 0 Å². The molecule has 4 aliphatic carbocycles. The van der Waals surface area contributed by atoms with Gasteiger partial charge in [-0.1, -0.05) is 58.9 Å². The molecule has 5 unspecified atom stereocenters. The Bertz CT molecular complexity index is 2530. The zero-order chi connectivity index (χ0) is 45.4. The van der Waals surface area contributed by atoms with Crippen molar-refractivity contribution in [2.75, 3.05) is 27.3 Å². The molecular formula is C51H64N8O6. The average Bonchev–Trinajstić information content (AvgIpc) is 4.17. The van der Waals surface area contributed by atoms with Gasteiger partial charge in [0.2, 0.25) is 11.8 Å². The number of aromatic nitrogens is 4. The van der Waals surface area contributed by atoms with Gasteiger partial charge in [-0.05, 0) is 133 Å². The Morgan fingerprint density at radius 3 is 1.49 bits per heavy atom. The number of benzene rings is 2. The van der Waals surface area contributed by atoms with Crippen molar-refractivity contribution in [1.82, 2.24) is 40.4 Å². The Labute approximate surface area is 381 Å². The molecule has 14 nitrogen and oxygen atoms in total. The lowest BCUT2D eigenvalue weighted by molar-refractivity contribution is -0.136. The highest BCUT2D eigenvalue weighted by molar-refractivity contribution is 5.88. The standard InChI is InChI=1S/C51H64N8O6/c1-25(2)44(56-50(62)64-6)48(60)58-20-8-10-38(58)46-52-23-36(54-46)34-18-16-32(40-28-12-13-29(22-28)41(34)40)33-17-19-35(43-31-15-14-30(27(31)5)42(33)43)37-24-53-47(55-37)39-11-9-21-59(39)49(61)45(26(3)4)57-51(63)65-7/h16-19,23-31,38-39,44-45H,8-15,20-22H2,1-7H3,(H,52,54)(H,53,55)(H,56,62)(H,57,63)/t27?,28?,29?,30?,31?,38-,39-,44-,45-/m0/s1. The molecule has 4 aromatic rings. The maximum Gasteiger partial charge on any atom is 0.407 e. The number of hydrogen-bond acceptors (Lipinski definition) is 8. The number of hydrogen-bond donors (Lipinski definition) is 4. The summed E-state index contributed by atoms with van der Waals surface area (Å²) < 4.78 is 9.70. The van der Waals surface area contributed by atoms with Crippen LogP contribution in [-0.4, -0.2) is 93.1 Å². The van der Waals surface area contributed by atoms with Crippen LogP contribution >= 0.6 is 0 Å². The number of fused-ring (bicyclic) bond motifs is 10. The highest BCUT2D eigenvalue weighted by atomic mass is 16.5. The van der Waals surface area contributed by atoms with Crippen molar-refractivity contribution < 1.29 is 28.7 Å². The third kappa shape index (κ3) is 7.20. The number of aromatic amines is 2. The van der Waals surface area contributed by atoms with Gasteiger partial charge in [-0.3, -0.25) is 9.59 Å². The smallest absolute Gasteiger partial charge is 0.407 e. The number of H-pyrrole nitrogens is 2. The molecule has 4 bridgehead atoms. The first kappa shape index (κ1) is 43.2. The first-order valence-corrected chi connectivity index (χ1v) is 24.1. The fourth-order valence-electron chi connectivity index (χ4n) is 13.0. The zero-order valence-corrected chi connectivity index (χ0v) is 38.8. The molecule has 4 fully saturated rings. The Hall–Kier alpha value is -5.66. The van der Waals surface area contributed by atoms with Crippen molar-refractivity contribution in [2.45, 2.75) is 140 Å². The number of alkyl carbamates (subject to hydrolysis) is 2.